The third-order valence-corrected chi connectivity index (χ3v) is 5.45. The normalized spacial score (nSPS) is 14.5. The van der Waals surface area contributed by atoms with E-state index in [4.69, 9.17) is 14.9 Å². The van der Waals surface area contributed by atoms with Gasteiger partial charge in [-0.2, -0.15) is 0 Å². The fourth-order valence-electron chi connectivity index (χ4n) is 3.54. The quantitative estimate of drug-likeness (QED) is 0.515. The molecule has 0 aromatic carbocycles. The first-order valence-corrected chi connectivity index (χ1v) is 11.1. The van der Waals surface area contributed by atoms with E-state index in [9.17, 15) is 4.79 Å². The monoisotopic (exact) mass is 454 g/mol. The van der Waals surface area contributed by atoms with Crippen LogP contribution in [0.4, 0.5) is 21.9 Å². The first-order valence-electron chi connectivity index (χ1n) is 11.1. The molecule has 1 aliphatic heterocycles. The molecule has 1 amide bonds. The number of aryl methyl sites for hydroxylation is 1. The number of amides is 1. The molecule has 3 rings (SSSR count). The zero-order valence-electron chi connectivity index (χ0n) is 20.3. The van der Waals surface area contributed by atoms with E-state index < -0.39 is 11.7 Å². The molecule has 178 valence electrons. The molecule has 9 heteroatoms. The van der Waals surface area contributed by atoms with Crippen LogP contribution < -0.4 is 15.1 Å². The second-order valence-corrected chi connectivity index (χ2v) is 9.20. The maximum Gasteiger partial charge on any atom is 0.414 e. The van der Waals surface area contributed by atoms with E-state index >= 15 is 0 Å². The third kappa shape index (κ3) is 6.19. The van der Waals surface area contributed by atoms with Crippen molar-refractivity contribution in [2.45, 2.75) is 52.2 Å². The first-order chi connectivity index (χ1) is 15.6. The van der Waals surface area contributed by atoms with Gasteiger partial charge >= 0.3 is 6.09 Å². The Morgan fingerprint density at radius 1 is 1.21 bits per heavy atom. The standard InChI is InChI=1S/C24H34N6O3/c1-16-21(30(6)23(31)33-24(2,3)4)13-18(14-27-16)29(5)22(25)19-15-26-10-7-20(19)28-17-8-11-32-12-9-17/h7,10,13-15,17,25H,8-9,11-12H2,1-6H3,(H,26,28). The molecule has 2 N–H and O–H groups in total. The lowest BCUT2D eigenvalue weighted by atomic mass is 10.1. The molecule has 0 aliphatic carbocycles. The Kier molecular flexibility index (Phi) is 7.53. The van der Waals surface area contributed by atoms with Crippen LogP contribution in [0.3, 0.4) is 0 Å². The fourth-order valence-corrected chi connectivity index (χ4v) is 3.54. The number of carbonyl (C=O) groups is 1. The van der Waals surface area contributed by atoms with Crippen molar-refractivity contribution in [1.29, 1.82) is 5.41 Å². The highest BCUT2D eigenvalue weighted by atomic mass is 16.6. The highest BCUT2D eigenvalue weighted by Gasteiger charge is 2.24. The summed E-state index contributed by atoms with van der Waals surface area (Å²) in [7, 11) is 3.46. The number of nitrogens with zero attached hydrogens (tertiary/aromatic N) is 4. The Labute approximate surface area is 195 Å². The average molecular weight is 455 g/mol. The second kappa shape index (κ2) is 10.2. The fraction of sp³-hybridized carbons (Fsp3) is 0.500. The molecule has 2 aromatic heterocycles. The minimum absolute atomic E-state index is 0.272. The van der Waals surface area contributed by atoms with Crippen LogP contribution in [0.1, 0.15) is 44.9 Å². The molecule has 1 fully saturated rings. The van der Waals surface area contributed by atoms with Gasteiger partial charge in [-0.3, -0.25) is 20.3 Å². The molecule has 9 nitrogen and oxygen atoms in total. The van der Waals surface area contributed by atoms with Crippen LogP contribution in [0.25, 0.3) is 0 Å². The summed E-state index contributed by atoms with van der Waals surface area (Å²) in [4.78, 5) is 24.4. The van der Waals surface area contributed by atoms with Gasteiger partial charge in [-0.15, -0.1) is 0 Å². The molecular weight excluding hydrogens is 420 g/mol. The lowest BCUT2D eigenvalue weighted by Crippen LogP contribution is -2.35. The Hall–Kier alpha value is -3.20. The Balaban J connectivity index is 1.83. The molecule has 3 heterocycles. The number of pyridine rings is 2. The molecule has 0 atom stereocenters. The number of aromatic nitrogens is 2. The summed E-state index contributed by atoms with van der Waals surface area (Å²) in [5.74, 6) is 0.272. The number of hydrogen-bond donors (Lipinski definition) is 2. The van der Waals surface area contributed by atoms with Crippen LogP contribution in [-0.4, -0.2) is 60.8 Å². The zero-order chi connectivity index (χ0) is 24.2. The van der Waals surface area contributed by atoms with Crippen LogP contribution in [0.5, 0.6) is 0 Å². The smallest absolute Gasteiger partial charge is 0.414 e. The van der Waals surface area contributed by atoms with Gasteiger partial charge < -0.3 is 19.7 Å². The van der Waals surface area contributed by atoms with Crippen molar-refractivity contribution in [1.82, 2.24) is 9.97 Å². The van der Waals surface area contributed by atoms with E-state index in [1.165, 1.54) is 4.90 Å². The number of carbonyl (C=O) groups excluding carboxylic acids is 1. The number of nitrogens with one attached hydrogen (secondary N) is 2. The summed E-state index contributed by atoms with van der Waals surface area (Å²) in [6.07, 6.45) is 6.49. The summed E-state index contributed by atoms with van der Waals surface area (Å²) < 4.78 is 10.9. The molecular formula is C24H34N6O3. The summed E-state index contributed by atoms with van der Waals surface area (Å²) in [5.41, 5.74) is 2.94. The van der Waals surface area contributed by atoms with Gasteiger partial charge in [0.05, 0.1) is 28.8 Å². The SMILES string of the molecule is Cc1ncc(N(C)C(=N)c2cnccc2NC2CCOCC2)cc1N(C)C(=O)OC(C)(C)C. The topological polar surface area (TPSA) is 104 Å². The van der Waals surface area contributed by atoms with E-state index in [0.29, 0.717) is 28.7 Å². The summed E-state index contributed by atoms with van der Waals surface area (Å²) >= 11 is 0. The summed E-state index contributed by atoms with van der Waals surface area (Å²) in [6.45, 7) is 8.79. The van der Waals surface area contributed by atoms with E-state index in [2.05, 4.69) is 15.3 Å². The van der Waals surface area contributed by atoms with E-state index in [1.807, 2.05) is 39.8 Å². The first kappa shape index (κ1) is 24.4. The summed E-state index contributed by atoms with van der Waals surface area (Å²) in [5, 5.41) is 12.4. The Bertz CT molecular complexity index is 998. The molecule has 0 bridgehead atoms. The molecule has 0 unspecified atom stereocenters. The third-order valence-electron chi connectivity index (χ3n) is 5.45. The molecule has 0 radical (unpaired) electrons. The van der Waals surface area contributed by atoms with E-state index in [0.717, 1.165) is 31.7 Å². The van der Waals surface area contributed by atoms with Gasteiger partial charge in [0.1, 0.15) is 11.4 Å². The number of anilines is 3. The van der Waals surface area contributed by atoms with Crippen LogP contribution in [0.2, 0.25) is 0 Å². The van der Waals surface area contributed by atoms with Crippen molar-refractivity contribution in [3.05, 3.63) is 42.0 Å². The van der Waals surface area contributed by atoms with Gasteiger partial charge in [0.25, 0.3) is 0 Å². The van der Waals surface area contributed by atoms with Gasteiger partial charge in [0.15, 0.2) is 0 Å². The number of rotatable bonds is 5. The maximum atomic E-state index is 12.6. The molecule has 1 aliphatic rings. The number of ether oxygens (including phenoxy) is 2. The average Bonchev–Trinajstić information content (AvgIpc) is 2.78. The molecule has 0 saturated carbocycles. The van der Waals surface area contributed by atoms with Crippen molar-refractivity contribution in [3.8, 4) is 0 Å². The molecule has 2 aromatic rings. The van der Waals surface area contributed by atoms with Gasteiger partial charge in [-0.1, -0.05) is 0 Å². The van der Waals surface area contributed by atoms with Crippen molar-refractivity contribution >= 4 is 29.0 Å². The van der Waals surface area contributed by atoms with Crippen molar-refractivity contribution < 1.29 is 14.3 Å². The van der Waals surface area contributed by atoms with Gasteiger partial charge in [0, 0.05) is 51.4 Å². The second-order valence-electron chi connectivity index (χ2n) is 9.20. The van der Waals surface area contributed by atoms with Gasteiger partial charge in [0.2, 0.25) is 0 Å². The molecule has 1 saturated heterocycles. The maximum absolute atomic E-state index is 12.6. The lowest BCUT2D eigenvalue weighted by Gasteiger charge is -2.28. The molecule has 0 spiro atoms. The minimum Gasteiger partial charge on any atom is -0.443 e. The van der Waals surface area contributed by atoms with Crippen molar-refractivity contribution in [2.75, 3.05) is 42.4 Å². The predicted molar refractivity (Wildman–Crippen MR) is 131 cm³/mol. The Morgan fingerprint density at radius 2 is 1.91 bits per heavy atom. The van der Waals surface area contributed by atoms with Crippen LogP contribution in [0, 0.1) is 12.3 Å². The largest absolute Gasteiger partial charge is 0.443 e. The van der Waals surface area contributed by atoms with Gasteiger partial charge in [-0.05, 0) is 52.7 Å². The zero-order valence-corrected chi connectivity index (χ0v) is 20.3. The Morgan fingerprint density at radius 3 is 2.58 bits per heavy atom. The predicted octanol–water partition coefficient (Wildman–Crippen LogP) is 4.21. The lowest BCUT2D eigenvalue weighted by molar-refractivity contribution is 0.0589. The van der Waals surface area contributed by atoms with Crippen LogP contribution >= 0.6 is 0 Å². The van der Waals surface area contributed by atoms with Gasteiger partial charge in [-0.25, -0.2) is 4.79 Å². The van der Waals surface area contributed by atoms with E-state index in [-0.39, 0.29) is 5.84 Å². The van der Waals surface area contributed by atoms with Crippen LogP contribution in [-0.2, 0) is 9.47 Å². The summed E-state index contributed by atoms with van der Waals surface area (Å²) in [6, 6.07) is 4.03. The van der Waals surface area contributed by atoms with Crippen LogP contribution in [0.15, 0.2) is 30.7 Å². The highest BCUT2D eigenvalue weighted by Crippen LogP contribution is 2.27. The number of hydrogen-bond acceptors (Lipinski definition) is 7. The molecule has 33 heavy (non-hydrogen) atoms. The van der Waals surface area contributed by atoms with E-state index in [1.54, 1.807) is 37.6 Å². The minimum atomic E-state index is -0.600. The highest BCUT2D eigenvalue weighted by molar-refractivity contribution is 6.11. The van der Waals surface area contributed by atoms with Crippen molar-refractivity contribution in [3.63, 3.8) is 0 Å². The van der Waals surface area contributed by atoms with Crippen molar-refractivity contribution in [2.24, 2.45) is 0 Å². The number of amidine groups is 1.